The zero-order valence-corrected chi connectivity index (χ0v) is 25.9. The summed E-state index contributed by atoms with van der Waals surface area (Å²) < 4.78 is 11.3. The lowest BCUT2D eigenvalue weighted by atomic mass is 9.75. The molecular weight excluding hydrogens is 578 g/mol. The molecule has 2 heterocycles. The third-order valence-electron chi connectivity index (χ3n) is 8.90. The summed E-state index contributed by atoms with van der Waals surface area (Å²) >= 11 is 0. The van der Waals surface area contributed by atoms with Gasteiger partial charge in [0.15, 0.2) is 0 Å². The van der Waals surface area contributed by atoms with Crippen LogP contribution in [0, 0.1) is 5.92 Å². The standard InChI is InChI=1S/C38H39N3O5/c1-45-35(44)22-30(36(26-12-4-2-5-13-26)27-14-6-3-7-15-27)34(43)21-28-16-9-8-11-25(28)19-20-29-23-39-32(24-46-29)38-40-31-17-10-18-33(42)37(31)41-38/h2-18,29-30,32,36,39,42H,19-24H2,1H3,(H,40,41)/t29-,30-,32+/m1/s1. The number of phenols is 1. The largest absolute Gasteiger partial charge is 0.506 e. The summed E-state index contributed by atoms with van der Waals surface area (Å²) in [5.41, 5.74) is 5.39. The molecular formula is C38H39N3O5. The van der Waals surface area contributed by atoms with Gasteiger partial charge in [-0.25, -0.2) is 4.98 Å². The number of nitrogens with one attached hydrogen (secondary N) is 2. The highest BCUT2D eigenvalue weighted by atomic mass is 16.5. The van der Waals surface area contributed by atoms with Gasteiger partial charge in [-0.3, -0.25) is 9.59 Å². The number of aromatic nitrogens is 2. The number of fused-ring (bicyclic) bond motifs is 1. The number of benzene rings is 4. The van der Waals surface area contributed by atoms with E-state index in [4.69, 9.17) is 9.47 Å². The number of phenolic OH excluding ortho intramolecular Hbond substituents is 1. The van der Waals surface area contributed by atoms with Crippen molar-refractivity contribution in [2.45, 2.75) is 43.7 Å². The normalized spacial score (nSPS) is 17.2. The van der Waals surface area contributed by atoms with Crippen molar-refractivity contribution >= 4 is 22.8 Å². The number of carbonyl (C=O) groups excluding carboxylic acids is 2. The number of aryl methyl sites for hydroxylation is 1. The fraction of sp³-hybridized carbons (Fsp3) is 0.289. The van der Waals surface area contributed by atoms with Gasteiger partial charge in [-0.2, -0.15) is 0 Å². The van der Waals surface area contributed by atoms with Gasteiger partial charge in [0.05, 0.1) is 37.8 Å². The number of ether oxygens (including phenoxy) is 2. The Morgan fingerprint density at radius 2 is 1.59 bits per heavy atom. The molecule has 8 nitrogen and oxygen atoms in total. The van der Waals surface area contributed by atoms with Crippen LogP contribution in [0.15, 0.2) is 103 Å². The van der Waals surface area contributed by atoms with Crippen molar-refractivity contribution in [1.82, 2.24) is 15.3 Å². The third-order valence-corrected chi connectivity index (χ3v) is 8.90. The number of H-pyrrole nitrogens is 1. The minimum atomic E-state index is -0.590. The molecule has 8 heteroatoms. The maximum Gasteiger partial charge on any atom is 0.306 e. The molecule has 1 aliphatic rings. The number of rotatable bonds is 12. The Kier molecular flexibility index (Phi) is 9.86. The smallest absolute Gasteiger partial charge is 0.306 e. The molecule has 0 saturated carbocycles. The number of morpholine rings is 1. The summed E-state index contributed by atoms with van der Waals surface area (Å²) in [6.45, 7) is 1.12. The summed E-state index contributed by atoms with van der Waals surface area (Å²) in [7, 11) is 1.37. The molecule has 1 saturated heterocycles. The maximum absolute atomic E-state index is 14.2. The highest BCUT2D eigenvalue weighted by Gasteiger charge is 2.33. The van der Waals surface area contributed by atoms with Crippen LogP contribution >= 0.6 is 0 Å². The van der Waals surface area contributed by atoms with Crippen LogP contribution in [-0.2, 0) is 31.9 Å². The van der Waals surface area contributed by atoms with E-state index in [1.165, 1.54) is 7.11 Å². The topological polar surface area (TPSA) is 114 Å². The van der Waals surface area contributed by atoms with Gasteiger partial charge in [-0.05, 0) is 47.2 Å². The monoisotopic (exact) mass is 617 g/mol. The van der Waals surface area contributed by atoms with E-state index in [0.29, 0.717) is 18.7 Å². The molecule has 1 aliphatic heterocycles. The number of methoxy groups -OCH3 is 1. The lowest BCUT2D eigenvalue weighted by Crippen LogP contribution is -2.41. The lowest BCUT2D eigenvalue weighted by molar-refractivity contribution is -0.144. The van der Waals surface area contributed by atoms with E-state index < -0.39 is 11.9 Å². The third kappa shape index (κ3) is 7.19. The van der Waals surface area contributed by atoms with E-state index in [-0.39, 0.29) is 42.4 Å². The van der Waals surface area contributed by atoms with Crippen molar-refractivity contribution in [2.24, 2.45) is 5.92 Å². The van der Waals surface area contributed by atoms with E-state index in [0.717, 1.165) is 46.4 Å². The lowest BCUT2D eigenvalue weighted by Gasteiger charge is -2.29. The minimum absolute atomic E-state index is 0.000444. The van der Waals surface area contributed by atoms with Gasteiger partial charge in [0.25, 0.3) is 0 Å². The molecule has 4 aromatic carbocycles. The molecule has 6 rings (SSSR count). The number of imidazole rings is 1. The molecule has 1 fully saturated rings. The zero-order valence-electron chi connectivity index (χ0n) is 25.9. The van der Waals surface area contributed by atoms with Gasteiger partial charge >= 0.3 is 5.97 Å². The molecule has 0 radical (unpaired) electrons. The number of aromatic hydroxyl groups is 1. The van der Waals surface area contributed by atoms with Crippen LogP contribution in [0.3, 0.4) is 0 Å². The molecule has 0 bridgehead atoms. The van der Waals surface area contributed by atoms with Crippen molar-refractivity contribution in [3.63, 3.8) is 0 Å². The van der Waals surface area contributed by atoms with Gasteiger partial charge < -0.3 is 24.9 Å². The molecule has 236 valence electrons. The molecule has 0 aliphatic carbocycles. The van der Waals surface area contributed by atoms with Gasteiger partial charge in [0.2, 0.25) is 0 Å². The summed E-state index contributed by atoms with van der Waals surface area (Å²) in [4.78, 5) is 34.7. The Hall–Kier alpha value is -4.79. The summed E-state index contributed by atoms with van der Waals surface area (Å²) in [6.07, 6.45) is 1.76. The Morgan fingerprint density at radius 1 is 0.913 bits per heavy atom. The van der Waals surface area contributed by atoms with Crippen LogP contribution < -0.4 is 5.32 Å². The number of para-hydroxylation sites is 1. The SMILES string of the molecule is COC(=O)C[C@H](C(=O)Cc1ccccc1CC[C@@H]1CN[C@H](c2nc3c(O)cccc3[nH]2)CO1)C(c1ccccc1)c1ccccc1. The Labute approximate surface area is 268 Å². The molecule has 1 aromatic heterocycles. The second-order valence-electron chi connectivity index (χ2n) is 11.8. The number of esters is 1. The fourth-order valence-corrected chi connectivity index (χ4v) is 6.45. The van der Waals surface area contributed by atoms with Crippen LogP contribution in [0.25, 0.3) is 11.0 Å². The second kappa shape index (κ2) is 14.5. The van der Waals surface area contributed by atoms with E-state index >= 15 is 0 Å². The van der Waals surface area contributed by atoms with Crippen LogP contribution in [0.5, 0.6) is 5.75 Å². The van der Waals surface area contributed by atoms with E-state index in [1.54, 1.807) is 12.1 Å². The molecule has 0 spiro atoms. The van der Waals surface area contributed by atoms with E-state index in [9.17, 15) is 14.7 Å². The predicted molar refractivity (Wildman–Crippen MR) is 177 cm³/mol. The summed E-state index contributed by atoms with van der Waals surface area (Å²) in [6, 6.07) is 33.1. The first-order valence-corrected chi connectivity index (χ1v) is 15.8. The Balaban J connectivity index is 1.14. The Morgan fingerprint density at radius 3 is 2.22 bits per heavy atom. The molecule has 46 heavy (non-hydrogen) atoms. The zero-order chi connectivity index (χ0) is 31.9. The van der Waals surface area contributed by atoms with Crippen LogP contribution in [0.2, 0.25) is 0 Å². The molecule has 3 atom stereocenters. The van der Waals surface area contributed by atoms with Crippen molar-refractivity contribution in [3.8, 4) is 5.75 Å². The van der Waals surface area contributed by atoms with Gasteiger partial charge in [-0.15, -0.1) is 0 Å². The predicted octanol–water partition coefficient (Wildman–Crippen LogP) is 6.05. The minimum Gasteiger partial charge on any atom is -0.506 e. The maximum atomic E-state index is 14.2. The number of aromatic amines is 1. The molecule has 5 aromatic rings. The van der Waals surface area contributed by atoms with Crippen LogP contribution in [-0.4, -0.2) is 53.2 Å². The van der Waals surface area contributed by atoms with Crippen molar-refractivity contribution < 1.29 is 24.2 Å². The first kappa shape index (κ1) is 31.2. The highest BCUT2D eigenvalue weighted by molar-refractivity contribution is 5.88. The highest BCUT2D eigenvalue weighted by Crippen LogP contribution is 2.36. The number of nitrogens with zero attached hydrogens (tertiary/aromatic N) is 1. The van der Waals surface area contributed by atoms with E-state index in [2.05, 4.69) is 21.4 Å². The number of hydrogen-bond donors (Lipinski definition) is 3. The average molecular weight is 618 g/mol. The van der Waals surface area contributed by atoms with Crippen molar-refractivity contribution in [2.75, 3.05) is 20.3 Å². The fourth-order valence-electron chi connectivity index (χ4n) is 6.45. The summed E-state index contributed by atoms with van der Waals surface area (Å²) in [5, 5.41) is 13.6. The molecule has 0 unspecified atom stereocenters. The van der Waals surface area contributed by atoms with Crippen molar-refractivity contribution in [3.05, 3.63) is 131 Å². The number of ketones is 1. The quantitative estimate of drug-likeness (QED) is 0.146. The van der Waals surface area contributed by atoms with Gasteiger partial charge in [-0.1, -0.05) is 91.0 Å². The average Bonchev–Trinajstić information content (AvgIpc) is 3.54. The summed E-state index contributed by atoms with van der Waals surface area (Å²) in [5.74, 6) is -0.377. The van der Waals surface area contributed by atoms with Crippen LogP contribution in [0.1, 0.15) is 52.9 Å². The second-order valence-corrected chi connectivity index (χ2v) is 11.8. The number of carbonyl (C=O) groups is 2. The first-order chi connectivity index (χ1) is 22.5. The van der Waals surface area contributed by atoms with Crippen molar-refractivity contribution in [1.29, 1.82) is 0 Å². The van der Waals surface area contributed by atoms with Gasteiger partial charge in [0, 0.05) is 24.8 Å². The molecule has 3 N–H and O–H groups in total. The number of hydrogen-bond acceptors (Lipinski definition) is 7. The first-order valence-electron chi connectivity index (χ1n) is 15.8. The van der Waals surface area contributed by atoms with Crippen LogP contribution in [0.4, 0.5) is 0 Å². The Bertz CT molecular complexity index is 1720. The molecule has 0 amide bonds. The van der Waals surface area contributed by atoms with E-state index in [1.807, 2.05) is 84.9 Å². The number of Topliss-reactive ketones (excluding diaryl/α,β-unsaturated/α-hetero) is 1. The van der Waals surface area contributed by atoms with Gasteiger partial charge in [0.1, 0.15) is 22.9 Å².